The van der Waals surface area contributed by atoms with Gasteiger partial charge in [0.25, 0.3) is 0 Å². The van der Waals surface area contributed by atoms with Crippen molar-refractivity contribution < 1.29 is 0 Å². The van der Waals surface area contributed by atoms with Crippen LogP contribution in [0.25, 0.3) is 38.7 Å². The van der Waals surface area contributed by atoms with E-state index in [1.807, 2.05) is 40.8 Å². The molecule has 7 nitrogen and oxygen atoms in total. The van der Waals surface area contributed by atoms with Crippen molar-refractivity contribution in [2.24, 2.45) is 0 Å². The molecule has 26 heavy (non-hydrogen) atoms. The summed E-state index contributed by atoms with van der Waals surface area (Å²) in [5.74, 6) is 0.597. The number of pyridine rings is 1. The molecule has 0 saturated heterocycles. The molecule has 4 aromatic heterocycles. The second-order valence-electron chi connectivity index (χ2n) is 5.75. The molecular formula is C18H14ClN7. The van der Waals surface area contributed by atoms with Gasteiger partial charge in [0.2, 0.25) is 11.9 Å². The molecule has 0 bridgehead atoms. The molecule has 0 atom stereocenters. The number of aromatic nitrogens is 5. The highest BCUT2D eigenvalue weighted by Gasteiger charge is 2.18. The fourth-order valence-electron chi connectivity index (χ4n) is 3.24. The summed E-state index contributed by atoms with van der Waals surface area (Å²) >= 11 is 0. The zero-order valence-electron chi connectivity index (χ0n) is 13.5. The fraction of sp³-hybridized carbons (Fsp3) is 0. The number of hydrogen-bond acceptors (Lipinski definition) is 6. The number of fused-ring (bicyclic) bond motifs is 4. The van der Waals surface area contributed by atoms with Gasteiger partial charge in [-0.2, -0.15) is 0 Å². The molecule has 5 aromatic rings. The summed E-state index contributed by atoms with van der Waals surface area (Å²) in [4.78, 5) is 17.4. The lowest BCUT2D eigenvalue weighted by Crippen LogP contribution is -2.00. The van der Waals surface area contributed by atoms with Crippen molar-refractivity contribution in [3.8, 4) is 11.3 Å². The molecule has 0 aliphatic heterocycles. The predicted octanol–water partition coefficient (Wildman–Crippen LogP) is 3.08. The Morgan fingerprint density at radius 1 is 0.885 bits per heavy atom. The quantitative estimate of drug-likeness (QED) is 0.473. The van der Waals surface area contributed by atoms with Crippen LogP contribution in [0.5, 0.6) is 0 Å². The average Bonchev–Trinajstić information content (AvgIpc) is 2.94. The highest BCUT2D eigenvalue weighted by molar-refractivity contribution is 6.07. The molecule has 0 saturated carbocycles. The summed E-state index contributed by atoms with van der Waals surface area (Å²) < 4.78 is 1.84. The first kappa shape index (κ1) is 16.0. The van der Waals surface area contributed by atoms with E-state index in [2.05, 4.69) is 21.0 Å². The van der Waals surface area contributed by atoms with Gasteiger partial charge in [0.1, 0.15) is 5.65 Å². The van der Waals surface area contributed by atoms with Gasteiger partial charge in [-0.05, 0) is 24.3 Å². The number of anilines is 2. The average molecular weight is 364 g/mol. The number of nitrogen functional groups attached to an aromatic ring is 2. The Morgan fingerprint density at radius 3 is 2.54 bits per heavy atom. The Balaban J connectivity index is 0.00000168. The van der Waals surface area contributed by atoms with E-state index in [1.54, 1.807) is 12.4 Å². The summed E-state index contributed by atoms with van der Waals surface area (Å²) in [6.45, 7) is 0. The molecular weight excluding hydrogens is 350 g/mol. The molecule has 0 amide bonds. The molecule has 0 radical (unpaired) electrons. The number of benzene rings is 1. The minimum atomic E-state index is 0. The molecule has 1 aromatic carbocycles. The molecule has 0 aliphatic carbocycles. The van der Waals surface area contributed by atoms with E-state index in [1.165, 1.54) is 0 Å². The maximum absolute atomic E-state index is 6.14. The number of hydrogen-bond donors (Lipinski definition) is 2. The van der Waals surface area contributed by atoms with E-state index in [0.717, 1.165) is 38.7 Å². The summed E-state index contributed by atoms with van der Waals surface area (Å²) in [7, 11) is 0. The highest BCUT2D eigenvalue weighted by Crippen LogP contribution is 2.36. The van der Waals surface area contributed by atoms with Crippen molar-refractivity contribution in [1.29, 1.82) is 0 Å². The van der Waals surface area contributed by atoms with E-state index in [0.29, 0.717) is 5.95 Å². The van der Waals surface area contributed by atoms with E-state index in [9.17, 15) is 0 Å². The molecule has 0 spiro atoms. The standard InChI is InChI=1S/C18H13N7.ClH/c19-17-21-7-5-13(24-17)15-11-9-10-3-1-2-4-12(10)23-16(11)25-14(15)6-8-22-18(25)20;/h1-9H,(H2,20,22)(H2,19,21,24);1H. The molecule has 8 heteroatoms. The van der Waals surface area contributed by atoms with Crippen molar-refractivity contribution in [1.82, 2.24) is 24.3 Å². The van der Waals surface area contributed by atoms with Crippen LogP contribution >= 0.6 is 12.4 Å². The van der Waals surface area contributed by atoms with Crippen LogP contribution in [0.3, 0.4) is 0 Å². The van der Waals surface area contributed by atoms with Gasteiger partial charge in [-0.25, -0.2) is 19.9 Å². The van der Waals surface area contributed by atoms with Gasteiger partial charge in [-0.15, -0.1) is 12.4 Å². The van der Waals surface area contributed by atoms with Crippen LogP contribution < -0.4 is 11.5 Å². The molecule has 4 heterocycles. The van der Waals surface area contributed by atoms with Crippen LogP contribution in [0.1, 0.15) is 0 Å². The van der Waals surface area contributed by atoms with Gasteiger partial charge >= 0.3 is 0 Å². The highest BCUT2D eigenvalue weighted by atomic mass is 35.5. The van der Waals surface area contributed by atoms with Crippen LogP contribution in [0.2, 0.25) is 0 Å². The number of halogens is 1. The Bertz CT molecular complexity index is 1280. The lowest BCUT2D eigenvalue weighted by molar-refractivity contribution is 1.13. The van der Waals surface area contributed by atoms with Crippen LogP contribution in [-0.4, -0.2) is 24.3 Å². The SMILES string of the molecule is Cl.Nc1nccc(-c2c3cc4ccccc4nc3n3c(N)nccc23)n1. The van der Waals surface area contributed by atoms with E-state index in [4.69, 9.17) is 16.5 Å². The smallest absolute Gasteiger partial charge is 0.220 e. The molecule has 0 fully saturated rings. The van der Waals surface area contributed by atoms with Crippen molar-refractivity contribution in [2.45, 2.75) is 0 Å². The minimum absolute atomic E-state index is 0. The van der Waals surface area contributed by atoms with E-state index >= 15 is 0 Å². The summed E-state index contributed by atoms with van der Waals surface area (Å²) in [5, 5.41) is 1.98. The van der Waals surface area contributed by atoms with Gasteiger partial charge in [0.15, 0.2) is 0 Å². The van der Waals surface area contributed by atoms with Crippen molar-refractivity contribution in [3.05, 3.63) is 54.9 Å². The molecule has 128 valence electrons. The lowest BCUT2D eigenvalue weighted by atomic mass is 10.1. The van der Waals surface area contributed by atoms with E-state index in [-0.39, 0.29) is 18.4 Å². The van der Waals surface area contributed by atoms with Gasteiger partial charge in [-0.3, -0.25) is 4.40 Å². The van der Waals surface area contributed by atoms with Gasteiger partial charge in [0.05, 0.1) is 16.7 Å². The Hall–Kier alpha value is -3.45. The van der Waals surface area contributed by atoms with Crippen molar-refractivity contribution in [3.63, 3.8) is 0 Å². The Morgan fingerprint density at radius 2 is 1.69 bits per heavy atom. The van der Waals surface area contributed by atoms with Gasteiger partial charge in [0, 0.05) is 28.7 Å². The monoisotopic (exact) mass is 363 g/mol. The predicted molar refractivity (Wildman–Crippen MR) is 105 cm³/mol. The van der Waals surface area contributed by atoms with Crippen molar-refractivity contribution in [2.75, 3.05) is 11.5 Å². The first-order valence-corrected chi connectivity index (χ1v) is 7.75. The third-order valence-corrected chi connectivity index (χ3v) is 4.28. The minimum Gasteiger partial charge on any atom is -0.369 e. The Labute approximate surface area is 154 Å². The normalized spacial score (nSPS) is 11.1. The molecule has 4 N–H and O–H groups in total. The van der Waals surface area contributed by atoms with Gasteiger partial charge < -0.3 is 11.5 Å². The van der Waals surface area contributed by atoms with Gasteiger partial charge in [-0.1, -0.05) is 18.2 Å². The van der Waals surface area contributed by atoms with Crippen LogP contribution in [0.4, 0.5) is 11.9 Å². The number of nitrogens with two attached hydrogens (primary N) is 2. The van der Waals surface area contributed by atoms with Crippen LogP contribution in [-0.2, 0) is 0 Å². The first-order chi connectivity index (χ1) is 12.2. The largest absolute Gasteiger partial charge is 0.369 e. The van der Waals surface area contributed by atoms with Crippen LogP contribution in [0.15, 0.2) is 54.9 Å². The number of para-hydroxylation sites is 1. The number of nitrogens with zero attached hydrogens (tertiary/aromatic N) is 5. The zero-order valence-corrected chi connectivity index (χ0v) is 14.3. The summed E-state index contributed by atoms with van der Waals surface area (Å²) in [6.07, 6.45) is 3.32. The third kappa shape index (κ3) is 2.21. The maximum Gasteiger partial charge on any atom is 0.220 e. The van der Waals surface area contributed by atoms with E-state index < -0.39 is 0 Å². The second-order valence-corrected chi connectivity index (χ2v) is 5.75. The maximum atomic E-state index is 6.14. The number of rotatable bonds is 1. The molecule has 0 aliphatic rings. The fourth-order valence-corrected chi connectivity index (χ4v) is 3.24. The Kier molecular flexibility index (Phi) is 3.59. The molecule has 5 rings (SSSR count). The summed E-state index contributed by atoms with van der Waals surface area (Å²) in [5.41, 5.74) is 16.1. The third-order valence-electron chi connectivity index (χ3n) is 4.28. The van der Waals surface area contributed by atoms with Crippen molar-refractivity contribution >= 4 is 51.8 Å². The topological polar surface area (TPSA) is 108 Å². The zero-order chi connectivity index (χ0) is 17.0. The summed E-state index contributed by atoms with van der Waals surface area (Å²) in [6, 6.07) is 13.8. The molecule has 0 unspecified atom stereocenters. The van der Waals surface area contributed by atoms with Crippen LogP contribution in [0, 0.1) is 0 Å². The first-order valence-electron chi connectivity index (χ1n) is 7.75. The second kappa shape index (κ2) is 5.82. The lowest BCUT2D eigenvalue weighted by Gasteiger charge is -2.02.